The molecule has 2 aliphatic carbocycles. The summed E-state index contributed by atoms with van der Waals surface area (Å²) in [4.78, 5) is 29.2. The fraction of sp³-hybridized carbons (Fsp3) is 0.389. The third-order valence-corrected chi connectivity index (χ3v) is 9.31. The molecule has 8 nitrogen and oxygen atoms in total. The first kappa shape index (κ1) is 32.1. The molecule has 2 aromatic heterocycles. The van der Waals surface area contributed by atoms with E-state index in [1.165, 1.54) is 6.20 Å². The number of nitrogens with zero attached hydrogens (tertiary/aromatic N) is 2. The first-order valence-corrected chi connectivity index (χ1v) is 16.2. The third-order valence-electron chi connectivity index (χ3n) is 8.67. The summed E-state index contributed by atoms with van der Waals surface area (Å²) in [6, 6.07) is 13.4. The van der Waals surface area contributed by atoms with E-state index in [0.29, 0.717) is 27.3 Å². The molecule has 1 N–H and O–H groups in total. The Bertz CT molecular complexity index is 1790. The van der Waals surface area contributed by atoms with Gasteiger partial charge in [-0.3, -0.25) is 14.6 Å². The van der Waals surface area contributed by atoms with E-state index in [1.54, 1.807) is 27.0 Å². The van der Waals surface area contributed by atoms with Crippen molar-refractivity contribution in [3.05, 3.63) is 98.5 Å². The summed E-state index contributed by atoms with van der Waals surface area (Å²) >= 11 is 13.4. The van der Waals surface area contributed by atoms with Crippen LogP contribution in [-0.2, 0) is 21.6 Å². The minimum Gasteiger partial charge on any atom is -0.489 e. The second kappa shape index (κ2) is 12.4. The van der Waals surface area contributed by atoms with Crippen LogP contribution in [0.25, 0.3) is 11.3 Å². The number of nitrogens with one attached hydrogen (secondary N) is 1. The lowest BCUT2D eigenvalue weighted by Gasteiger charge is -2.19. The Hall–Kier alpha value is -3.88. The Morgan fingerprint density at radius 2 is 1.87 bits per heavy atom. The average molecular weight is 663 g/mol. The topological polar surface area (TPSA) is 104 Å². The number of carbonyl (C=O) groups excluding carboxylic acids is 2. The van der Waals surface area contributed by atoms with E-state index in [0.717, 1.165) is 58.5 Å². The number of aryl methyl sites for hydroxylation is 1. The number of rotatable bonds is 10. The van der Waals surface area contributed by atoms with Crippen LogP contribution in [0.15, 0.2) is 59.4 Å². The van der Waals surface area contributed by atoms with Crippen molar-refractivity contribution in [2.24, 2.45) is 0 Å². The highest BCUT2D eigenvalue weighted by molar-refractivity contribution is 6.33. The van der Waals surface area contributed by atoms with Crippen LogP contribution >= 0.6 is 23.2 Å². The number of ether oxygens (including phenoxy) is 2. The van der Waals surface area contributed by atoms with Crippen molar-refractivity contribution < 1.29 is 23.6 Å². The molecule has 1 amide bonds. The van der Waals surface area contributed by atoms with Gasteiger partial charge < -0.3 is 19.3 Å². The van der Waals surface area contributed by atoms with Gasteiger partial charge in [-0.1, -0.05) is 53.5 Å². The maximum atomic E-state index is 12.8. The van der Waals surface area contributed by atoms with E-state index in [4.69, 9.17) is 37.2 Å². The van der Waals surface area contributed by atoms with Gasteiger partial charge in [-0.05, 0) is 93.8 Å². The summed E-state index contributed by atoms with van der Waals surface area (Å²) in [5.74, 6) is 1.12. The Labute approximate surface area is 278 Å². The van der Waals surface area contributed by atoms with Crippen LogP contribution in [0.5, 0.6) is 5.75 Å². The van der Waals surface area contributed by atoms with Gasteiger partial charge in [0.2, 0.25) is 0 Å². The van der Waals surface area contributed by atoms with E-state index in [9.17, 15) is 9.59 Å². The molecular weight excluding hydrogens is 625 g/mol. The molecule has 46 heavy (non-hydrogen) atoms. The van der Waals surface area contributed by atoms with Crippen molar-refractivity contribution in [3.8, 4) is 17.0 Å². The first-order valence-electron chi connectivity index (χ1n) is 15.5. The largest absolute Gasteiger partial charge is 0.489 e. The van der Waals surface area contributed by atoms with Crippen molar-refractivity contribution >= 4 is 35.1 Å². The van der Waals surface area contributed by atoms with E-state index < -0.39 is 11.6 Å². The van der Waals surface area contributed by atoms with Gasteiger partial charge in [0.25, 0.3) is 5.91 Å². The predicted molar refractivity (Wildman–Crippen MR) is 177 cm³/mol. The second-order valence-electron chi connectivity index (χ2n) is 13.5. The van der Waals surface area contributed by atoms with Crippen LogP contribution in [0.4, 0.5) is 0 Å². The zero-order chi connectivity index (χ0) is 32.8. The van der Waals surface area contributed by atoms with Gasteiger partial charge in [-0.2, -0.15) is 0 Å². The minimum atomic E-state index is -0.624. The number of hydrogen-bond donors (Lipinski definition) is 1. The van der Waals surface area contributed by atoms with Gasteiger partial charge in [0.05, 0.1) is 16.1 Å². The lowest BCUT2D eigenvalue weighted by Crippen LogP contribution is -2.34. The first-order chi connectivity index (χ1) is 21.8. The summed E-state index contributed by atoms with van der Waals surface area (Å²) in [5, 5.41) is 8.28. The number of aromatic nitrogens is 2. The van der Waals surface area contributed by atoms with Crippen LogP contribution < -0.4 is 10.1 Å². The van der Waals surface area contributed by atoms with Gasteiger partial charge in [-0.15, -0.1) is 0 Å². The van der Waals surface area contributed by atoms with E-state index in [-0.39, 0.29) is 30.4 Å². The molecule has 2 aromatic carbocycles. The summed E-state index contributed by atoms with van der Waals surface area (Å²) in [5.41, 5.74) is 4.96. The van der Waals surface area contributed by atoms with Crippen molar-refractivity contribution in [1.29, 1.82) is 0 Å². The lowest BCUT2D eigenvalue weighted by molar-refractivity contribution is -0.153. The molecule has 0 bridgehead atoms. The number of carbonyl (C=O) groups is 2. The van der Waals surface area contributed by atoms with Crippen molar-refractivity contribution in [1.82, 2.24) is 15.5 Å². The van der Waals surface area contributed by atoms with Crippen LogP contribution in [0.1, 0.15) is 97.2 Å². The van der Waals surface area contributed by atoms with Gasteiger partial charge in [-0.25, -0.2) is 0 Å². The summed E-state index contributed by atoms with van der Waals surface area (Å²) in [7, 11) is 0. The molecule has 2 unspecified atom stereocenters. The zero-order valence-electron chi connectivity index (χ0n) is 26.6. The van der Waals surface area contributed by atoms with Crippen LogP contribution in [0.2, 0.25) is 10.0 Å². The molecule has 0 spiro atoms. The van der Waals surface area contributed by atoms with E-state index in [2.05, 4.69) is 22.4 Å². The van der Waals surface area contributed by atoms with Gasteiger partial charge >= 0.3 is 5.97 Å². The zero-order valence-corrected chi connectivity index (χ0v) is 28.1. The molecule has 10 heteroatoms. The number of benzene rings is 2. The number of hydrogen-bond acceptors (Lipinski definition) is 7. The second-order valence-corrected chi connectivity index (χ2v) is 14.3. The smallest absolute Gasteiger partial charge is 0.325 e. The van der Waals surface area contributed by atoms with Crippen LogP contribution in [-0.4, -0.2) is 34.2 Å². The number of amides is 1. The molecule has 2 heterocycles. The highest BCUT2D eigenvalue weighted by Gasteiger charge is 2.53. The quantitative estimate of drug-likeness (QED) is 0.170. The van der Waals surface area contributed by atoms with Crippen LogP contribution in [0.3, 0.4) is 0 Å². The summed E-state index contributed by atoms with van der Waals surface area (Å²) in [6.07, 6.45) is 6.27. The Kier molecular flexibility index (Phi) is 8.63. The van der Waals surface area contributed by atoms with E-state index >= 15 is 0 Å². The maximum absolute atomic E-state index is 12.8. The summed E-state index contributed by atoms with van der Waals surface area (Å²) in [6.45, 7) is 9.55. The number of halogens is 2. The SMILES string of the molecule is Cc1cccc(Cl)c1-c1noc(C2CC2)c1COc1ccc(C2CC2(C)c2cncc(C(=O)NCC(=O)OC(C)(C)C)c2)c(Cl)c1. The van der Waals surface area contributed by atoms with Gasteiger partial charge in [0, 0.05) is 34.3 Å². The Balaban J connectivity index is 1.14. The monoisotopic (exact) mass is 661 g/mol. The van der Waals surface area contributed by atoms with E-state index in [1.807, 2.05) is 49.4 Å². The Morgan fingerprint density at radius 1 is 1.09 bits per heavy atom. The number of esters is 1. The van der Waals surface area contributed by atoms with Crippen molar-refractivity contribution in [3.63, 3.8) is 0 Å². The standard InChI is InChI=1S/C36H37Cl2N3O5/c1-20-7-6-8-28(37)31(20)32-26(33(46-41-32)21-9-10-21)19-44-24-11-12-25(29(38)14-24)27-15-36(27,5)23-13-22(16-39-17-23)34(43)40-18-30(42)45-35(2,3)4/h6-8,11-14,16-17,21,27H,9-10,15,18-19H2,1-5H3,(H,40,43). The summed E-state index contributed by atoms with van der Waals surface area (Å²) < 4.78 is 17.4. The molecule has 0 saturated heterocycles. The molecule has 0 aliphatic heterocycles. The van der Waals surface area contributed by atoms with Crippen molar-refractivity contribution in [2.45, 2.75) is 83.3 Å². The lowest BCUT2D eigenvalue weighted by atomic mass is 9.93. The molecule has 2 atom stereocenters. The fourth-order valence-corrected chi connectivity index (χ4v) is 6.55. The molecule has 4 aromatic rings. The maximum Gasteiger partial charge on any atom is 0.325 e. The van der Waals surface area contributed by atoms with Gasteiger partial charge in [0.1, 0.15) is 36.0 Å². The highest BCUT2D eigenvalue weighted by atomic mass is 35.5. The van der Waals surface area contributed by atoms with Crippen LogP contribution in [0, 0.1) is 6.92 Å². The Morgan fingerprint density at radius 3 is 2.57 bits per heavy atom. The normalized spacial score (nSPS) is 19.1. The molecule has 6 rings (SSSR count). The molecular formula is C36H37Cl2N3O5. The molecule has 2 aliphatic rings. The highest BCUT2D eigenvalue weighted by Crippen LogP contribution is 2.61. The predicted octanol–water partition coefficient (Wildman–Crippen LogP) is 8.32. The molecule has 2 saturated carbocycles. The van der Waals surface area contributed by atoms with Gasteiger partial charge in [0.15, 0.2) is 0 Å². The minimum absolute atomic E-state index is 0.144. The molecule has 0 radical (unpaired) electrons. The average Bonchev–Trinajstić information content (AvgIpc) is 3.92. The number of pyridine rings is 1. The molecule has 240 valence electrons. The van der Waals surface area contributed by atoms with Crippen molar-refractivity contribution in [2.75, 3.05) is 6.54 Å². The molecule has 2 fully saturated rings. The fourth-order valence-electron chi connectivity index (χ4n) is 5.94. The third kappa shape index (κ3) is 6.79.